The van der Waals surface area contributed by atoms with E-state index in [2.05, 4.69) is 22.5 Å². The van der Waals surface area contributed by atoms with Gasteiger partial charge in [0.2, 0.25) is 11.8 Å². The van der Waals surface area contributed by atoms with Crippen molar-refractivity contribution in [2.24, 2.45) is 11.8 Å². The lowest BCUT2D eigenvalue weighted by Gasteiger charge is -2.42. The number of carbonyl (C=O) groups excluding carboxylic acids is 3. The summed E-state index contributed by atoms with van der Waals surface area (Å²) in [5.74, 6) is -1.94. The average Bonchev–Trinajstić information content (AvgIpc) is 3.54. The zero-order chi connectivity index (χ0) is 27.7. The van der Waals surface area contributed by atoms with Crippen molar-refractivity contribution >= 4 is 45.5 Å². The standard InChI is InChI=1S/C30H39BrN2O5S/c1-3-15-32(20-13-9-6-10-14-20)28(36)26-30-17-22(31)25(39-30)23(29(37)38-4-2)24(30)27(35)33(26)21(18-34)16-19-11-7-5-8-12-19/h3,5,7-8,11-12,20-26,34H,1,4,6,9-10,13-18H2,2H3/t21-,22?,23-,24+,25-,26?,30?/m1/s1. The highest BCUT2D eigenvalue weighted by Crippen LogP contribution is 2.68. The molecule has 0 aromatic heterocycles. The molecule has 2 bridgehead atoms. The molecule has 1 saturated carbocycles. The second-order valence-corrected chi connectivity index (χ2v) is 14.0. The van der Waals surface area contributed by atoms with E-state index < -0.39 is 28.7 Å². The number of ether oxygens (including phenoxy) is 1. The molecule has 3 heterocycles. The van der Waals surface area contributed by atoms with E-state index >= 15 is 0 Å². The summed E-state index contributed by atoms with van der Waals surface area (Å²) < 4.78 is 4.71. The van der Waals surface area contributed by atoms with Crippen LogP contribution in [0.2, 0.25) is 0 Å². The normalized spacial score (nSPS) is 32.6. The molecule has 3 saturated heterocycles. The lowest BCUT2D eigenvalue weighted by Crippen LogP contribution is -2.59. The molecular weight excluding hydrogens is 580 g/mol. The van der Waals surface area contributed by atoms with Crippen LogP contribution in [-0.2, 0) is 25.5 Å². The number of thioether (sulfide) groups is 1. The number of carbonyl (C=O) groups is 3. The van der Waals surface area contributed by atoms with Crippen LogP contribution in [0, 0.1) is 11.8 Å². The number of aliphatic hydroxyl groups excluding tert-OH is 1. The largest absolute Gasteiger partial charge is 0.466 e. The molecule has 4 aliphatic rings. The van der Waals surface area contributed by atoms with Gasteiger partial charge in [0.25, 0.3) is 0 Å². The number of hydrogen-bond acceptors (Lipinski definition) is 6. The summed E-state index contributed by atoms with van der Waals surface area (Å²) in [4.78, 5) is 46.1. The zero-order valence-corrected chi connectivity index (χ0v) is 24.9. The van der Waals surface area contributed by atoms with Crippen LogP contribution >= 0.6 is 27.7 Å². The van der Waals surface area contributed by atoms with E-state index in [9.17, 15) is 19.5 Å². The number of nitrogens with zero attached hydrogens (tertiary/aromatic N) is 2. The fourth-order valence-electron chi connectivity index (χ4n) is 7.49. The third-order valence-corrected chi connectivity index (χ3v) is 12.3. The second kappa shape index (κ2) is 12.0. The van der Waals surface area contributed by atoms with Crippen molar-refractivity contribution in [3.8, 4) is 0 Å². The first-order valence-corrected chi connectivity index (χ1v) is 16.0. The molecule has 5 rings (SSSR count). The van der Waals surface area contributed by atoms with Crippen molar-refractivity contribution < 1.29 is 24.2 Å². The molecule has 212 valence electrons. The number of fused-ring (bicyclic) bond motifs is 1. The van der Waals surface area contributed by atoms with Crippen LogP contribution in [0.15, 0.2) is 43.0 Å². The summed E-state index contributed by atoms with van der Waals surface area (Å²) in [6, 6.07) is 8.50. The Morgan fingerprint density at radius 3 is 2.64 bits per heavy atom. The van der Waals surface area contributed by atoms with Gasteiger partial charge in [-0.2, -0.15) is 0 Å². The van der Waals surface area contributed by atoms with Gasteiger partial charge in [-0.3, -0.25) is 14.4 Å². The number of halogens is 1. The van der Waals surface area contributed by atoms with Crippen molar-refractivity contribution in [3.05, 3.63) is 48.6 Å². The summed E-state index contributed by atoms with van der Waals surface area (Å²) in [5, 5.41) is 10.5. The Labute approximate surface area is 243 Å². The van der Waals surface area contributed by atoms with Gasteiger partial charge in [-0.15, -0.1) is 18.3 Å². The maximum absolute atomic E-state index is 14.8. The van der Waals surface area contributed by atoms with Crippen molar-refractivity contribution in [2.75, 3.05) is 19.8 Å². The summed E-state index contributed by atoms with van der Waals surface area (Å²) in [6.07, 6.45) is 7.99. The molecule has 1 N–H and O–H groups in total. The molecule has 1 aromatic rings. The molecule has 1 spiro atoms. The predicted octanol–water partition coefficient (Wildman–Crippen LogP) is 3.97. The number of esters is 1. The smallest absolute Gasteiger partial charge is 0.310 e. The fraction of sp³-hybridized carbons (Fsp3) is 0.633. The number of benzene rings is 1. The molecule has 1 aromatic carbocycles. The zero-order valence-electron chi connectivity index (χ0n) is 22.5. The summed E-state index contributed by atoms with van der Waals surface area (Å²) >= 11 is 5.42. The average molecular weight is 620 g/mol. The molecule has 1 aliphatic carbocycles. The first-order chi connectivity index (χ1) is 18.9. The molecule has 3 unspecified atom stereocenters. The van der Waals surface area contributed by atoms with Crippen LogP contribution in [0.4, 0.5) is 0 Å². The van der Waals surface area contributed by atoms with E-state index in [4.69, 9.17) is 4.74 Å². The van der Waals surface area contributed by atoms with Crippen LogP contribution in [0.1, 0.15) is 51.0 Å². The van der Waals surface area contributed by atoms with Crippen LogP contribution in [0.25, 0.3) is 0 Å². The van der Waals surface area contributed by atoms with Gasteiger partial charge >= 0.3 is 5.97 Å². The van der Waals surface area contributed by atoms with Gasteiger partial charge in [-0.05, 0) is 38.2 Å². The third kappa shape index (κ3) is 4.97. The molecule has 2 amide bonds. The van der Waals surface area contributed by atoms with Gasteiger partial charge in [0.15, 0.2) is 0 Å². The minimum absolute atomic E-state index is 0.0135. The summed E-state index contributed by atoms with van der Waals surface area (Å²) in [5.41, 5.74) is 0.984. The highest BCUT2D eigenvalue weighted by Gasteiger charge is 2.76. The molecule has 39 heavy (non-hydrogen) atoms. The van der Waals surface area contributed by atoms with Crippen molar-refractivity contribution in [2.45, 2.75) is 84.8 Å². The van der Waals surface area contributed by atoms with Gasteiger partial charge in [-0.1, -0.05) is 71.6 Å². The molecular formula is C30H39BrN2O5S. The quantitative estimate of drug-likeness (QED) is 0.243. The SMILES string of the molecule is C=CCN(C(=O)C1N([C@@H](CO)Cc2ccccc2)C(=O)[C@@H]2[C@@H](C(=O)OCC)[C@@H]3SC12CC3Br)C1CCCCC1. The molecule has 3 aliphatic heterocycles. The van der Waals surface area contributed by atoms with Gasteiger partial charge in [0.1, 0.15) is 6.04 Å². The number of amides is 2. The summed E-state index contributed by atoms with van der Waals surface area (Å²) in [7, 11) is 0. The first kappa shape index (κ1) is 28.7. The highest BCUT2D eigenvalue weighted by atomic mass is 79.9. The number of alkyl halides is 1. The van der Waals surface area contributed by atoms with Crippen molar-refractivity contribution in [1.82, 2.24) is 9.80 Å². The van der Waals surface area contributed by atoms with Gasteiger partial charge < -0.3 is 19.6 Å². The Kier molecular flexibility index (Phi) is 8.79. The lowest BCUT2D eigenvalue weighted by atomic mass is 9.71. The topological polar surface area (TPSA) is 87.2 Å². The van der Waals surface area contributed by atoms with E-state index in [0.29, 0.717) is 19.4 Å². The molecule has 4 fully saturated rings. The molecule has 9 heteroatoms. The monoisotopic (exact) mass is 618 g/mol. The van der Waals surface area contributed by atoms with Crippen LogP contribution < -0.4 is 0 Å². The Bertz CT molecular complexity index is 1080. The second-order valence-electron chi connectivity index (χ2n) is 11.3. The van der Waals surface area contributed by atoms with E-state index in [1.54, 1.807) is 29.7 Å². The van der Waals surface area contributed by atoms with E-state index in [1.165, 1.54) is 6.42 Å². The molecule has 7 atom stereocenters. The number of likely N-dealkylation sites (tertiary alicyclic amines) is 1. The molecule has 7 nitrogen and oxygen atoms in total. The Morgan fingerprint density at radius 2 is 2.00 bits per heavy atom. The van der Waals surface area contributed by atoms with E-state index in [0.717, 1.165) is 31.2 Å². The van der Waals surface area contributed by atoms with Gasteiger partial charge in [-0.25, -0.2) is 0 Å². The van der Waals surface area contributed by atoms with Crippen LogP contribution in [-0.4, -0.2) is 85.4 Å². The Morgan fingerprint density at radius 1 is 1.28 bits per heavy atom. The van der Waals surface area contributed by atoms with Gasteiger partial charge in [0, 0.05) is 22.7 Å². The van der Waals surface area contributed by atoms with Crippen LogP contribution in [0.3, 0.4) is 0 Å². The third-order valence-electron chi connectivity index (χ3n) is 9.06. The predicted molar refractivity (Wildman–Crippen MR) is 155 cm³/mol. The Hall–Kier alpha value is -1.84. The minimum atomic E-state index is -0.771. The number of aliphatic hydroxyl groups is 1. The number of hydrogen-bond donors (Lipinski definition) is 1. The number of rotatable bonds is 10. The Balaban J connectivity index is 1.58. The summed E-state index contributed by atoms with van der Waals surface area (Å²) in [6.45, 7) is 6.09. The first-order valence-electron chi connectivity index (χ1n) is 14.2. The fourth-order valence-corrected chi connectivity index (χ4v) is 11.1. The lowest BCUT2D eigenvalue weighted by molar-refractivity contribution is -0.154. The highest BCUT2D eigenvalue weighted by molar-refractivity contribution is 9.09. The van der Waals surface area contributed by atoms with Crippen LogP contribution in [0.5, 0.6) is 0 Å². The molecule has 0 radical (unpaired) electrons. The van der Waals surface area contributed by atoms with Crippen molar-refractivity contribution in [3.63, 3.8) is 0 Å². The maximum Gasteiger partial charge on any atom is 0.310 e. The van der Waals surface area contributed by atoms with E-state index in [1.807, 2.05) is 35.2 Å². The minimum Gasteiger partial charge on any atom is -0.466 e. The maximum atomic E-state index is 14.8. The van der Waals surface area contributed by atoms with Gasteiger partial charge in [0.05, 0.1) is 35.8 Å². The van der Waals surface area contributed by atoms with Crippen molar-refractivity contribution in [1.29, 1.82) is 0 Å². The van der Waals surface area contributed by atoms with E-state index in [-0.39, 0.29) is 47.1 Å².